The Morgan fingerprint density at radius 3 is 2.53 bits per heavy atom. The smallest absolute Gasteiger partial charge is 0.121 e. The fraction of sp³-hybridized carbons (Fsp3) is 0.455. The molecule has 2 atom stereocenters. The van der Waals surface area contributed by atoms with Gasteiger partial charge in [0.2, 0.25) is 0 Å². The second-order valence-electron chi connectivity index (χ2n) is 3.40. The summed E-state index contributed by atoms with van der Waals surface area (Å²) in [5.41, 5.74) is 1.55. The van der Waals surface area contributed by atoms with E-state index in [1.807, 2.05) is 6.92 Å². The number of benzene rings is 1. The molecular formula is C11H15ClO3. The van der Waals surface area contributed by atoms with Crippen molar-refractivity contribution in [2.24, 2.45) is 0 Å². The maximum absolute atomic E-state index is 9.70. The van der Waals surface area contributed by atoms with E-state index in [4.69, 9.17) is 16.3 Å². The van der Waals surface area contributed by atoms with E-state index in [1.165, 1.54) is 0 Å². The van der Waals surface area contributed by atoms with Gasteiger partial charge in [-0.15, -0.1) is 11.6 Å². The Morgan fingerprint density at radius 1 is 1.40 bits per heavy atom. The van der Waals surface area contributed by atoms with E-state index in [0.29, 0.717) is 5.56 Å². The molecule has 0 bridgehead atoms. The third-order valence-electron chi connectivity index (χ3n) is 2.28. The van der Waals surface area contributed by atoms with Crippen LogP contribution in [0.15, 0.2) is 18.2 Å². The second kappa shape index (κ2) is 5.35. The molecule has 4 heteroatoms. The number of alkyl halides is 1. The van der Waals surface area contributed by atoms with Crippen LogP contribution in [0.3, 0.4) is 0 Å². The zero-order chi connectivity index (χ0) is 11.4. The molecular weight excluding hydrogens is 216 g/mol. The first kappa shape index (κ1) is 12.3. The fourth-order valence-corrected chi connectivity index (χ4v) is 1.56. The summed E-state index contributed by atoms with van der Waals surface area (Å²) in [6, 6.07) is 5.25. The summed E-state index contributed by atoms with van der Waals surface area (Å²) >= 11 is 5.46. The molecule has 0 amide bonds. The van der Waals surface area contributed by atoms with E-state index in [1.54, 1.807) is 25.3 Å². The number of hydrogen-bond donors (Lipinski definition) is 2. The maximum atomic E-state index is 9.70. The monoisotopic (exact) mass is 230 g/mol. The summed E-state index contributed by atoms with van der Waals surface area (Å²) in [5.74, 6) is 0.762. The average Bonchev–Trinajstić information content (AvgIpc) is 2.26. The Bertz CT molecular complexity index is 328. The van der Waals surface area contributed by atoms with Gasteiger partial charge in [-0.3, -0.25) is 0 Å². The van der Waals surface area contributed by atoms with Crippen LogP contribution >= 0.6 is 11.6 Å². The highest BCUT2D eigenvalue weighted by Gasteiger charge is 2.17. The van der Waals surface area contributed by atoms with Gasteiger partial charge in [0, 0.05) is 0 Å². The van der Waals surface area contributed by atoms with E-state index in [-0.39, 0.29) is 5.88 Å². The molecule has 84 valence electrons. The zero-order valence-corrected chi connectivity index (χ0v) is 9.53. The highest BCUT2D eigenvalue weighted by molar-refractivity contribution is 6.18. The van der Waals surface area contributed by atoms with Gasteiger partial charge in [0.25, 0.3) is 0 Å². The molecule has 0 spiro atoms. The molecule has 0 aliphatic carbocycles. The van der Waals surface area contributed by atoms with E-state index in [9.17, 15) is 10.2 Å². The Balaban J connectivity index is 2.92. The van der Waals surface area contributed by atoms with Crippen molar-refractivity contribution in [3.8, 4) is 5.75 Å². The first-order valence-corrected chi connectivity index (χ1v) is 5.20. The summed E-state index contributed by atoms with van der Waals surface area (Å²) < 4.78 is 5.10. The van der Waals surface area contributed by atoms with E-state index in [0.717, 1.165) is 11.3 Å². The van der Waals surface area contributed by atoms with Crippen LogP contribution in [-0.4, -0.2) is 29.3 Å². The molecule has 2 unspecified atom stereocenters. The van der Waals surface area contributed by atoms with Crippen LogP contribution < -0.4 is 4.74 Å². The Morgan fingerprint density at radius 2 is 2.07 bits per heavy atom. The molecule has 1 aromatic carbocycles. The average molecular weight is 231 g/mol. The van der Waals surface area contributed by atoms with Gasteiger partial charge in [-0.2, -0.15) is 0 Å². The molecule has 0 saturated carbocycles. The lowest BCUT2D eigenvalue weighted by Crippen LogP contribution is -2.19. The SMILES string of the molecule is COc1ccc(C(O)C(O)CCl)cc1C. The first-order chi connectivity index (χ1) is 7.10. The van der Waals surface area contributed by atoms with Gasteiger partial charge in [-0.25, -0.2) is 0 Å². The topological polar surface area (TPSA) is 49.7 Å². The number of methoxy groups -OCH3 is 1. The van der Waals surface area contributed by atoms with Crippen molar-refractivity contribution in [3.63, 3.8) is 0 Å². The number of aliphatic hydroxyl groups excluding tert-OH is 2. The van der Waals surface area contributed by atoms with Crippen molar-refractivity contribution < 1.29 is 14.9 Å². The summed E-state index contributed by atoms with van der Waals surface area (Å²) in [7, 11) is 1.59. The summed E-state index contributed by atoms with van der Waals surface area (Å²) in [4.78, 5) is 0. The predicted octanol–water partition coefficient (Wildman–Crippen LogP) is 1.64. The lowest BCUT2D eigenvalue weighted by molar-refractivity contribution is 0.0326. The van der Waals surface area contributed by atoms with Crippen molar-refractivity contribution >= 4 is 11.6 Å². The molecule has 0 aliphatic heterocycles. The number of rotatable bonds is 4. The molecule has 2 N–H and O–H groups in total. The Kier molecular flexibility index (Phi) is 4.39. The van der Waals surface area contributed by atoms with Crippen molar-refractivity contribution in [1.29, 1.82) is 0 Å². The van der Waals surface area contributed by atoms with Crippen LogP contribution in [0.4, 0.5) is 0 Å². The Labute approximate surface area is 94.3 Å². The normalized spacial score (nSPS) is 14.7. The third-order valence-corrected chi connectivity index (χ3v) is 2.60. The zero-order valence-electron chi connectivity index (χ0n) is 8.77. The van der Waals surface area contributed by atoms with Crippen LogP contribution in [-0.2, 0) is 0 Å². The first-order valence-electron chi connectivity index (χ1n) is 4.66. The molecule has 3 nitrogen and oxygen atoms in total. The standard InChI is InChI=1S/C11H15ClO3/c1-7-5-8(3-4-10(7)15-2)11(14)9(13)6-12/h3-5,9,11,13-14H,6H2,1-2H3. The van der Waals surface area contributed by atoms with Crippen LogP contribution in [0.2, 0.25) is 0 Å². The second-order valence-corrected chi connectivity index (χ2v) is 3.70. The van der Waals surface area contributed by atoms with Gasteiger partial charge in [0.1, 0.15) is 11.9 Å². The number of hydrogen-bond acceptors (Lipinski definition) is 3. The van der Waals surface area contributed by atoms with Crippen LogP contribution in [0.1, 0.15) is 17.2 Å². The number of ether oxygens (including phenoxy) is 1. The molecule has 0 fully saturated rings. The van der Waals surface area contributed by atoms with Gasteiger partial charge in [-0.1, -0.05) is 6.07 Å². The van der Waals surface area contributed by atoms with Gasteiger partial charge in [0.05, 0.1) is 19.1 Å². The number of halogens is 1. The largest absolute Gasteiger partial charge is 0.496 e. The summed E-state index contributed by atoms with van der Waals surface area (Å²) in [6.07, 6.45) is -1.90. The maximum Gasteiger partial charge on any atom is 0.121 e. The van der Waals surface area contributed by atoms with Gasteiger partial charge in [-0.05, 0) is 30.2 Å². The lowest BCUT2D eigenvalue weighted by Gasteiger charge is -2.17. The summed E-state index contributed by atoms with van der Waals surface area (Å²) in [6.45, 7) is 1.88. The molecule has 0 aromatic heterocycles. The summed E-state index contributed by atoms with van der Waals surface area (Å²) in [5, 5.41) is 19.1. The molecule has 0 radical (unpaired) electrons. The van der Waals surface area contributed by atoms with Crippen LogP contribution in [0.5, 0.6) is 5.75 Å². The van der Waals surface area contributed by atoms with Crippen LogP contribution in [0.25, 0.3) is 0 Å². The molecule has 1 aromatic rings. The number of aryl methyl sites for hydroxylation is 1. The van der Waals surface area contributed by atoms with Crippen molar-refractivity contribution in [1.82, 2.24) is 0 Å². The molecule has 0 saturated heterocycles. The van der Waals surface area contributed by atoms with Gasteiger partial charge in [0.15, 0.2) is 0 Å². The van der Waals surface area contributed by atoms with Crippen molar-refractivity contribution in [2.75, 3.05) is 13.0 Å². The van der Waals surface area contributed by atoms with Gasteiger partial charge >= 0.3 is 0 Å². The van der Waals surface area contributed by atoms with E-state index in [2.05, 4.69) is 0 Å². The van der Waals surface area contributed by atoms with E-state index >= 15 is 0 Å². The van der Waals surface area contributed by atoms with Crippen molar-refractivity contribution in [2.45, 2.75) is 19.1 Å². The third kappa shape index (κ3) is 2.84. The highest BCUT2D eigenvalue weighted by Crippen LogP contribution is 2.24. The minimum absolute atomic E-state index is 0.00619. The molecule has 1 rings (SSSR count). The van der Waals surface area contributed by atoms with Gasteiger partial charge < -0.3 is 14.9 Å². The van der Waals surface area contributed by atoms with Crippen LogP contribution in [0, 0.1) is 6.92 Å². The number of aliphatic hydroxyl groups is 2. The van der Waals surface area contributed by atoms with E-state index < -0.39 is 12.2 Å². The predicted molar refractivity (Wildman–Crippen MR) is 59.4 cm³/mol. The lowest BCUT2D eigenvalue weighted by atomic mass is 10.0. The molecule has 0 heterocycles. The highest BCUT2D eigenvalue weighted by atomic mass is 35.5. The minimum atomic E-state index is -0.952. The van der Waals surface area contributed by atoms with Crippen molar-refractivity contribution in [3.05, 3.63) is 29.3 Å². The fourth-order valence-electron chi connectivity index (χ4n) is 1.39. The molecule has 15 heavy (non-hydrogen) atoms. The molecule has 0 aliphatic rings. The minimum Gasteiger partial charge on any atom is -0.496 e. The Hall–Kier alpha value is -0.770. The quantitative estimate of drug-likeness (QED) is 0.774.